The minimum absolute atomic E-state index is 0.144. The molecule has 0 fully saturated rings. The minimum atomic E-state index is 0.144. The number of hydrogen-bond donors (Lipinski definition) is 0. The lowest BCUT2D eigenvalue weighted by molar-refractivity contribution is 0.658. The molecule has 0 amide bonds. The third-order valence-electron chi connectivity index (χ3n) is 0.776. The summed E-state index contributed by atoms with van der Waals surface area (Å²) in [5.41, 5.74) is 0. The molecular weight excluding hydrogens is 88.1 g/mol. The van der Waals surface area contributed by atoms with Gasteiger partial charge in [-0.05, 0) is 13.0 Å². The van der Waals surface area contributed by atoms with Crippen LogP contribution in [0.1, 0.15) is 6.92 Å². The maximum Gasteiger partial charge on any atom is 0.136 e. The molecule has 0 saturated carbocycles. The molecule has 0 aromatic carbocycles. The fourth-order valence-electron chi connectivity index (χ4n) is 0.425. The topological polar surface area (TPSA) is 26.5 Å². The maximum absolute atomic E-state index is 3.95. The van der Waals surface area contributed by atoms with Crippen molar-refractivity contribution in [2.45, 2.75) is 13.1 Å². The summed E-state index contributed by atoms with van der Waals surface area (Å²) in [5.74, 6) is 0. The van der Waals surface area contributed by atoms with E-state index in [0.29, 0.717) is 0 Å². The molecule has 0 N–H and O–H groups in total. The van der Waals surface area contributed by atoms with Gasteiger partial charge in [0.25, 0.3) is 0 Å². The highest BCUT2D eigenvalue weighted by atomic mass is 15.0. The van der Waals surface area contributed by atoms with Crippen LogP contribution in [0.5, 0.6) is 0 Å². The van der Waals surface area contributed by atoms with Gasteiger partial charge in [0.05, 0.1) is 0 Å². The summed E-state index contributed by atoms with van der Waals surface area (Å²) in [4.78, 5) is 3.95. The van der Waals surface area contributed by atoms with E-state index >= 15 is 0 Å². The zero-order valence-corrected chi connectivity index (χ0v) is 4.20. The average molecular weight is 95.1 g/mol. The second-order valence-corrected chi connectivity index (χ2v) is 1.42. The first-order chi connectivity index (χ1) is 3.39. The van der Waals surface area contributed by atoms with Crippen molar-refractivity contribution in [3.63, 3.8) is 0 Å². The van der Waals surface area contributed by atoms with Gasteiger partial charge in [-0.3, -0.25) is 10.3 Å². The van der Waals surface area contributed by atoms with Crippen molar-refractivity contribution in [3.05, 3.63) is 12.3 Å². The third-order valence-corrected chi connectivity index (χ3v) is 0.776. The second kappa shape index (κ2) is 1.78. The summed E-state index contributed by atoms with van der Waals surface area (Å²) in [6, 6.07) is 0. The molecule has 0 aliphatic carbocycles. The van der Waals surface area contributed by atoms with Crippen molar-refractivity contribution in [3.8, 4) is 0 Å². The van der Waals surface area contributed by atoms with Crippen LogP contribution in [0.4, 0.5) is 0 Å². The molecule has 1 atom stereocenters. The number of rotatable bonds is 0. The Kier molecular flexibility index (Phi) is 1.11. The van der Waals surface area contributed by atoms with Crippen LogP contribution in [-0.4, -0.2) is 12.4 Å². The number of hydrogen-bond acceptors (Lipinski definition) is 1. The third kappa shape index (κ3) is 1.03. The molecule has 0 aromatic rings. The summed E-state index contributed by atoms with van der Waals surface area (Å²) in [5, 5.41) is 3.95. The Balaban J connectivity index is 2.49. The summed E-state index contributed by atoms with van der Waals surface area (Å²) < 4.78 is 0. The maximum atomic E-state index is 3.95. The van der Waals surface area contributed by atoms with Crippen molar-refractivity contribution in [1.82, 2.24) is 5.32 Å². The van der Waals surface area contributed by atoms with Crippen LogP contribution in [0.15, 0.2) is 17.3 Å². The van der Waals surface area contributed by atoms with E-state index in [1.807, 2.05) is 13.0 Å². The fraction of sp³-hybridized carbons (Fsp3) is 0.400. The Morgan fingerprint density at radius 3 is 2.71 bits per heavy atom. The molecule has 0 bridgehead atoms. The van der Waals surface area contributed by atoms with Crippen molar-refractivity contribution in [1.29, 1.82) is 0 Å². The molecule has 1 radical (unpaired) electrons. The van der Waals surface area contributed by atoms with Crippen molar-refractivity contribution in [2.75, 3.05) is 0 Å². The first-order valence-corrected chi connectivity index (χ1v) is 2.28. The van der Waals surface area contributed by atoms with Crippen LogP contribution in [-0.2, 0) is 0 Å². The highest BCUT2D eigenvalue weighted by Gasteiger charge is 1.93. The monoisotopic (exact) mass is 95.1 g/mol. The molecule has 1 aliphatic rings. The van der Waals surface area contributed by atoms with E-state index in [0.717, 1.165) is 0 Å². The largest absolute Gasteiger partial charge is 0.267 e. The summed E-state index contributed by atoms with van der Waals surface area (Å²) in [7, 11) is 0. The highest BCUT2D eigenvalue weighted by molar-refractivity contribution is 5.71. The molecule has 37 valence electrons. The Labute approximate surface area is 42.9 Å². The first kappa shape index (κ1) is 4.37. The molecule has 1 aliphatic heterocycles. The van der Waals surface area contributed by atoms with Crippen LogP contribution in [0.3, 0.4) is 0 Å². The first-order valence-electron chi connectivity index (χ1n) is 2.28. The standard InChI is InChI=1S/C5H7N2/c1-5-6-3-2-4-7-5/h2-5H,1H3. The lowest BCUT2D eigenvalue weighted by atomic mass is 10.5. The van der Waals surface area contributed by atoms with Crippen molar-refractivity contribution in [2.24, 2.45) is 4.99 Å². The van der Waals surface area contributed by atoms with E-state index in [1.54, 1.807) is 12.4 Å². The highest BCUT2D eigenvalue weighted by Crippen LogP contribution is 1.88. The van der Waals surface area contributed by atoms with Crippen molar-refractivity contribution >= 4 is 6.21 Å². The molecule has 0 saturated heterocycles. The predicted octanol–water partition coefficient (Wildman–Crippen LogP) is 0.535. The van der Waals surface area contributed by atoms with Gasteiger partial charge in [0.2, 0.25) is 0 Å². The Morgan fingerprint density at radius 1 is 1.57 bits per heavy atom. The minimum Gasteiger partial charge on any atom is -0.267 e. The van der Waals surface area contributed by atoms with Gasteiger partial charge in [-0.2, -0.15) is 0 Å². The van der Waals surface area contributed by atoms with E-state index < -0.39 is 0 Å². The van der Waals surface area contributed by atoms with Crippen LogP contribution < -0.4 is 5.32 Å². The van der Waals surface area contributed by atoms with E-state index in [9.17, 15) is 0 Å². The zero-order valence-electron chi connectivity index (χ0n) is 4.20. The molecule has 1 unspecified atom stereocenters. The molecule has 0 spiro atoms. The van der Waals surface area contributed by atoms with Gasteiger partial charge in [0, 0.05) is 12.4 Å². The Morgan fingerprint density at radius 2 is 2.43 bits per heavy atom. The molecule has 2 nitrogen and oxygen atoms in total. The van der Waals surface area contributed by atoms with Crippen LogP contribution >= 0.6 is 0 Å². The summed E-state index contributed by atoms with van der Waals surface area (Å²) >= 11 is 0. The SMILES string of the molecule is CC1[N]C=CC=N1. The van der Waals surface area contributed by atoms with E-state index in [2.05, 4.69) is 10.3 Å². The normalized spacial score (nSPS) is 27.3. The molecule has 2 heteroatoms. The average Bonchev–Trinajstić information content (AvgIpc) is 1.69. The number of allylic oxidation sites excluding steroid dienone is 1. The lowest BCUT2D eigenvalue weighted by Crippen LogP contribution is -2.12. The lowest BCUT2D eigenvalue weighted by Gasteiger charge is -2.03. The van der Waals surface area contributed by atoms with Crippen LogP contribution in [0.25, 0.3) is 0 Å². The molecule has 7 heavy (non-hydrogen) atoms. The predicted molar refractivity (Wildman–Crippen MR) is 29.2 cm³/mol. The van der Waals surface area contributed by atoms with Gasteiger partial charge < -0.3 is 0 Å². The van der Waals surface area contributed by atoms with Crippen molar-refractivity contribution < 1.29 is 0 Å². The van der Waals surface area contributed by atoms with Crippen LogP contribution in [0, 0.1) is 0 Å². The molecular formula is C5H7N2. The molecule has 0 aromatic heterocycles. The van der Waals surface area contributed by atoms with Gasteiger partial charge in [0.1, 0.15) is 6.17 Å². The number of aliphatic imine (C=N–C) groups is 1. The number of nitrogens with zero attached hydrogens (tertiary/aromatic N) is 2. The van der Waals surface area contributed by atoms with Gasteiger partial charge >= 0.3 is 0 Å². The Bertz CT molecular complexity index is 105. The van der Waals surface area contributed by atoms with Gasteiger partial charge in [0.15, 0.2) is 0 Å². The van der Waals surface area contributed by atoms with E-state index in [1.165, 1.54) is 0 Å². The van der Waals surface area contributed by atoms with Gasteiger partial charge in [-0.25, -0.2) is 0 Å². The van der Waals surface area contributed by atoms with E-state index in [-0.39, 0.29) is 6.17 Å². The zero-order chi connectivity index (χ0) is 5.11. The summed E-state index contributed by atoms with van der Waals surface area (Å²) in [6.07, 6.45) is 5.49. The molecule has 1 heterocycles. The van der Waals surface area contributed by atoms with Gasteiger partial charge in [-0.15, -0.1) is 0 Å². The smallest absolute Gasteiger partial charge is 0.136 e. The van der Waals surface area contributed by atoms with Gasteiger partial charge in [-0.1, -0.05) is 0 Å². The fourth-order valence-corrected chi connectivity index (χ4v) is 0.425. The molecule has 1 rings (SSSR count). The van der Waals surface area contributed by atoms with Crippen LogP contribution in [0.2, 0.25) is 0 Å². The Hall–Kier alpha value is -0.790. The quantitative estimate of drug-likeness (QED) is 0.419. The van der Waals surface area contributed by atoms with E-state index in [4.69, 9.17) is 0 Å². The second-order valence-electron chi connectivity index (χ2n) is 1.42. The summed E-state index contributed by atoms with van der Waals surface area (Å²) in [6.45, 7) is 1.94.